The normalized spacial score (nSPS) is 39.7. The summed E-state index contributed by atoms with van der Waals surface area (Å²) in [4.78, 5) is 22.3. The Hall–Kier alpha value is -1.10. The third kappa shape index (κ3) is 1.69. The lowest BCUT2D eigenvalue weighted by atomic mass is 9.64. The summed E-state index contributed by atoms with van der Waals surface area (Å²) in [6, 6.07) is -0.0370. The van der Waals surface area contributed by atoms with E-state index in [1.54, 1.807) is 0 Å². The molecular weight excluding hydrogens is 210 g/mol. The first-order valence-electron chi connectivity index (χ1n) is 5.55. The van der Waals surface area contributed by atoms with Gasteiger partial charge in [0.05, 0.1) is 17.9 Å². The number of aliphatic hydroxyl groups is 1. The Morgan fingerprint density at radius 2 is 1.88 bits per heavy atom. The van der Waals surface area contributed by atoms with E-state index in [1.165, 1.54) is 0 Å². The van der Waals surface area contributed by atoms with Crippen LogP contribution in [0.15, 0.2) is 0 Å². The van der Waals surface area contributed by atoms with Crippen molar-refractivity contribution in [3.63, 3.8) is 0 Å². The van der Waals surface area contributed by atoms with Gasteiger partial charge in [-0.05, 0) is 12.8 Å². The third-order valence-electron chi connectivity index (χ3n) is 3.98. The van der Waals surface area contributed by atoms with Gasteiger partial charge in [0.15, 0.2) is 0 Å². The van der Waals surface area contributed by atoms with Crippen molar-refractivity contribution in [3.05, 3.63) is 0 Å². The molecule has 0 bridgehead atoms. The lowest BCUT2D eigenvalue weighted by Crippen LogP contribution is -2.61. The van der Waals surface area contributed by atoms with Crippen LogP contribution >= 0.6 is 0 Å². The molecule has 3 N–H and O–H groups in total. The van der Waals surface area contributed by atoms with Gasteiger partial charge in [0, 0.05) is 11.5 Å². The van der Waals surface area contributed by atoms with E-state index in [9.17, 15) is 14.7 Å². The lowest BCUT2D eigenvalue weighted by Gasteiger charge is -2.49. The van der Waals surface area contributed by atoms with Crippen LogP contribution in [-0.4, -0.2) is 34.2 Å². The fourth-order valence-corrected chi connectivity index (χ4v) is 2.18. The number of rotatable bonds is 3. The van der Waals surface area contributed by atoms with Crippen LogP contribution in [0.3, 0.4) is 0 Å². The van der Waals surface area contributed by atoms with E-state index in [0.29, 0.717) is 12.8 Å². The first-order valence-corrected chi connectivity index (χ1v) is 5.55. The van der Waals surface area contributed by atoms with E-state index in [4.69, 9.17) is 5.11 Å². The van der Waals surface area contributed by atoms with Gasteiger partial charge in [0.1, 0.15) is 0 Å². The number of nitrogens with one attached hydrogen (secondary N) is 1. The SMILES string of the molecule is CC1(C)C(O)CC1NC(=O)C1CC1C(=O)O. The predicted molar refractivity (Wildman–Crippen MR) is 55.6 cm³/mol. The second-order valence-electron chi connectivity index (χ2n) is 5.42. The van der Waals surface area contributed by atoms with Crippen LogP contribution in [0, 0.1) is 17.3 Å². The molecule has 2 aliphatic rings. The van der Waals surface area contributed by atoms with Gasteiger partial charge < -0.3 is 15.5 Å². The van der Waals surface area contributed by atoms with Gasteiger partial charge in [0.2, 0.25) is 5.91 Å². The summed E-state index contributed by atoms with van der Waals surface area (Å²) in [6.07, 6.45) is 0.618. The summed E-state index contributed by atoms with van der Waals surface area (Å²) < 4.78 is 0. The van der Waals surface area contributed by atoms with Gasteiger partial charge >= 0.3 is 5.97 Å². The van der Waals surface area contributed by atoms with Crippen molar-refractivity contribution >= 4 is 11.9 Å². The lowest BCUT2D eigenvalue weighted by molar-refractivity contribution is -0.141. The largest absolute Gasteiger partial charge is 0.481 e. The van der Waals surface area contributed by atoms with Crippen molar-refractivity contribution in [2.24, 2.45) is 17.3 Å². The summed E-state index contributed by atoms with van der Waals surface area (Å²) in [5, 5.41) is 21.0. The summed E-state index contributed by atoms with van der Waals surface area (Å²) in [6.45, 7) is 3.79. The Morgan fingerprint density at radius 3 is 2.25 bits per heavy atom. The number of carbonyl (C=O) groups is 2. The molecule has 0 radical (unpaired) electrons. The molecule has 2 saturated carbocycles. The molecule has 16 heavy (non-hydrogen) atoms. The molecule has 0 spiro atoms. The Morgan fingerprint density at radius 1 is 1.25 bits per heavy atom. The highest BCUT2D eigenvalue weighted by Crippen LogP contribution is 2.43. The predicted octanol–water partition coefficient (Wildman–Crippen LogP) is -0.0173. The highest BCUT2D eigenvalue weighted by Gasteiger charge is 2.52. The van der Waals surface area contributed by atoms with Crippen molar-refractivity contribution < 1.29 is 19.8 Å². The van der Waals surface area contributed by atoms with E-state index >= 15 is 0 Å². The van der Waals surface area contributed by atoms with E-state index in [-0.39, 0.29) is 29.4 Å². The van der Waals surface area contributed by atoms with Gasteiger partial charge in [-0.1, -0.05) is 13.8 Å². The molecule has 5 nitrogen and oxygen atoms in total. The number of carboxylic acids is 1. The van der Waals surface area contributed by atoms with Crippen molar-refractivity contribution in [2.75, 3.05) is 0 Å². The van der Waals surface area contributed by atoms with Crippen molar-refractivity contribution in [3.8, 4) is 0 Å². The molecule has 2 rings (SSSR count). The average molecular weight is 227 g/mol. The van der Waals surface area contributed by atoms with E-state index in [2.05, 4.69) is 5.32 Å². The zero-order chi connectivity index (χ0) is 12.1. The Balaban J connectivity index is 1.84. The second kappa shape index (κ2) is 3.45. The number of aliphatic carboxylic acids is 1. The maximum absolute atomic E-state index is 11.7. The Labute approximate surface area is 93.8 Å². The minimum atomic E-state index is -0.895. The Bertz CT molecular complexity index is 339. The fraction of sp³-hybridized carbons (Fsp3) is 0.818. The first kappa shape index (κ1) is 11.4. The maximum Gasteiger partial charge on any atom is 0.307 e. The minimum absolute atomic E-state index is 0.0370. The molecule has 5 heteroatoms. The summed E-state index contributed by atoms with van der Waals surface area (Å²) in [5.74, 6) is -1.95. The number of carboxylic acid groups (broad SMARTS) is 1. The zero-order valence-electron chi connectivity index (χ0n) is 9.43. The molecule has 2 aliphatic carbocycles. The van der Waals surface area contributed by atoms with Crippen LogP contribution < -0.4 is 5.32 Å². The van der Waals surface area contributed by atoms with Crippen molar-refractivity contribution in [1.29, 1.82) is 0 Å². The minimum Gasteiger partial charge on any atom is -0.481 e. The van der Waals surface area contributed by atoms with Crippen LogP contribution in [0.2, 0.25) is 0 Å². The second-order valence-corrected chi connectivity index (χ2v) is 5.42. The molecule has 90 valence electrons. The van der Waals surface area contributed by atoms with E-state index in [0.717, 1.165) is 0 Å². The molecule has 0 aromatic heterocycles. The smallest absolute Gasteiger partial charge is 0.307 e. The number of hydrogen-bond acceptors (Lipinski definition) is 3. The molecule has 4 unspecified atom stereocenters. The topological polar surface area (TPSA) is 86.6 Å². The van der Waals surface area contributed by atoms with Crippen molar-refractivity contribution in [2.45, 2.75) is 38.8 Å². The zero-order valence-corrected chi connectivity index (χ0v) is 9.43. The van der Waals surface area contributed by atoms with Crippen LogP contribution in [0.4, 0.5) is 0 Å². The maximum atomic E-state index is 11.7. The van der Waals surface area contributed by atoms with Gasteiger partial charge in [-0.15, -0.1) is 0 Å². The molecule has 0 aliphatic heterocycles. The molecule has 0 heterocycles. The molecule has 0 aromatic rings. The molecule has 0 aromatic carbocycles. The van der Waals surface area contributed by atoms with Crippen LogP contribution in [0.1, 0.15) is 26.7 Å². The quantitative estimate of drug-likeness (QED) is 0.632. The molecule has 1 amide bonds. The molecule has 2 fully saturated rings. The molecule has 4 atom stereocenters. The third-order valence-corrected chi connectivity index (χ3v) is 3.98. The molecule has 0 saturated heterocycles. The fourth-order valence-electron chi connectivity index (χ4n) is 2.18. The van der Waals surface area contributed by atoms with E-state index < -0.39 is 11.9 Å². The highest BCUT2D eigenvalue weighted by atomic mass is 16.4. The van der Waals surface area contributed by atoms with Gasteiger partial charge in [0.25, 0.3) is 0 Å². The first-order chi connectivity index (χ1) is 7.34. The number of carbonyl (C=O) groups excluding carboxylic acids is 1. The number of amides is 1. The number of hydrogen-bond donors (Lipinski definition) is 3. The van der Waals surface area contributed by atoms with Gasteiger partial charge in [-0.3, -0.25) is 9.59 Å². The average Bonchev–Trinajstić information content (AvgIpc) is 2.96. The Kier molecular flexibility index (Phi) is 2.45. The van der Waals surface area contributed by atoms with Crippen LogP contribution in [-0.2, 0) is 9.59 Å². The summed E-state index contributed by atoms with van der Waals surface area (Å²) in [7, 11) is 0. The van der Waals surface area contributed by atoms with Gasteiger partial charge in [-0.2, -0.15) is 0 Å². The van der Waals surface area contributed by atoms with Crippen LogP contribution in [0.25, 0.3) is 0 Å². The van der Waals surface area contributed by atoms with Gasteiger partial charge in [-0.25, -0.2) is 0 Å². The highest BCUT2D eigenvalue weighted by molar-refractivity contribution is 5.89. The monoisotopic (exact) mass is 227 g/mol. The summed E-state index contributed by atoms with van der Waals surface area (Å²) >= 11 is 0. The summed E-state index contributed by atoms with van der Waals surface area (Å²) in [5.41, 5.74) is -0.302. The standard InChI is InChI=1S/C11H17NO4/c1-11(2)7(4-8(11)13)12-9(14)5-3-6(5)10(15)16/h5-8,13H,3-4H2,1-2H3,(H,12,14)(H,15,16). The number of aliphatic hydroxyl groups excluding tert-OH is 1. The van der Waals surface area contributed by atoms with Crippen molar-refractivity contribution in [1.82, 2.24) is 5.32 Å². The molecular formula is C11H17NO4. The van der Waals surface area contributed by atoms with E-state index in [1.807, 2.05) is 13.8 Å². The van der Waals surface area contributed by atoms with Crippen LogP contribution in [0.5, 0.6) is 0 Å².